The van der Waals surface area contributed by atoms with Gasteiger partial charge in [-0.3, -0.25) is 0 Å². The quantitative estimate of drug-likeness (QED) is 0.275. The van der Waals surface area contributed by atoms with Crippen LogP contribution in [0.4, 0.5) is 0 Å². The third kappa shape index (κ3) is 236. The Morgan fingerprint density at radius 2 is 1.12 bits per heavy atom. The standard InChI is InChI=1S/CH3O.2Al.HO3P/c1-2;;;1-4(2)3/h1H3;;;(H,1,2,3)/q-1;2*+3;/p-1. The molecular formula is CH3Al2O4P+4. The Hall–Kier alpha value is 1.04. The summed E-state index contributed by atoms with van der Waals surface area (Å²) in [5.74, 6) is 0. The van der Waals surface area contributed by atoms with Gasteiger partial charge in [0.05, 0.1) is 0 Å². The van der Waals surface area contributed by atoms with E-state index in [1.807, 2.05) is 0 Å². The van der Waals surface area contributed by atoms with E-state index < -0.39 is 8.25 Å². The van der Waals surface area contributed by atoms with Crippen LogP contribution in [0.2, 0.25) is 0 Å². The Morgan fingerprint density at radius 3 is 1.12 bits per heavy atom. The zero-order chi connectivity index (χ0) is 5.58. The van der Waals surface area contributed by atoms with Crippen LogP contribution in [0.5, 0.6) is 0 Å². The van der Waals surface area contributed by atoms with Crippen molar-refractivity contribution in [1.82, 2.24) is 0 Å². The molecule has 0 N–H and O–H groups in total. The molecule has 0 aromatic carbocycles. The van der Waals surface area contributed by atoms with Crippen molar-refractivity contribution in [3.8, 4) is 0 Å². The minimum atomic E-state index is -3.37. The van der Waals surface area contributed by atoms with Crippen LogP contribution in [0, 0.1) is 0 Å². The molecule has 0 heterocycles. The maximum Gasteiger partial charge on any atom is 3.00 e. The minimum absolute atomic E-state index is 0. The maximum absolute atomic E-state index is 8.48. The second-order valence-corrected chi connectivity index (χ2v) is 0.671. The predicted molar refractivity (Wildman–Crippen MR) is 25.0 cm³/mol. The van der Waals surface area contributed by atoms with Crippen LogP contribution in [0.25, 0.3) is 0 Å². The predicted octanol–water partition coefficient (Wildman–Crippen LogP) is -3.42. The summed E-state index contributed by atoms with van der Waals surface area (Å²) in [7, 11) is -2.62. The summed E-state index contributed by atoms with van der Waals surface area (Å²) in [6.07, 6.45) is 0. The molecule has 0 saturated heterocycles. The molecule has 0 radical (unpaired) electrons. The molecule has 0 amide bonds. The van der Waals surface area contributed by atoms with Crippen molar-refractivity contribution in [2.45, 2.75) is 0 Å². The maximum atomic E-state index is 8.48. The van der Waals surface area contributed by atoms with Crippen LogP contribution in [-0.4, -0.2) is 41.8 Å². The smallest absolute Gasteiger partial charge is 0.857 e. The zero-order valence-electron chi connectivity index (χ0n) is 4.23. The summed E-state index contributed by atoms with van der Waals surface area (Å²) < 4.78 is 8.48. The van der Waals surface area contributed by atoms with Crippen molar-refractivity contribution in [3.63, 3.8) is 0 Å². The third-order valence-corrected chi connectivity index (χ3v) is 0. The summed E-state index contributed by atoms with van der Waals surface area (Å²) in [4.78, 5) is 17.0. The van der Waals surface area contributed by atoms with Gasteiger partial charge >= 0.3 is 34.7 Å². The molecule has 4 nitrogen and oxygen atoms in total. The van der Waals surface area contributed by atoms with Crippen LogP contribution >= 0.6 is 8.25 Å². The van der Waals surface area contributed by atoms with E-state index in [1.54, 1.807) is 0 Å². The van der Waals surface area contributed by atoms with Crippen molar-refractivity contribution in [2.75, 3.05) is 7.11 Å². The molecule has 0 fully saturated rings. The van der Waals surface area contributed by atoms with Gasteiger partial charge in [-0.15, -0.1) is 0 Å². The van der Waals surface area contributed by atoms with Crippen LogP contribution < -0.4 is 14.9 Å². The molecule has 0 aliphatic carbocycles. The summed E-state index contributed by atoms with van der Waals surface area (Å²) in [5.41, 5.74) is 0. The molecule has 0 aromatic heterocycles. The number of hydrogen-bond donors (Lipinski definition) is 0. The summed E-state index contributed by atoms with van der Waals surface area (Å²) in [6.45, 7) is 0. The molecule has 0 bridgehead atoms. The molecule has 0 aliphatic rings. The van der Waals surface area contributed by atoms with Crippen LogP contribution in [0.3, 0.4) is 0 Å². The van der Waals surface area contributed by atoms with E-state index in [1.165, 1.54) is 0 Å². The van der Waals surface area contributed by atoms with Gasteiger partial charge in [0.25, 0.3) is 8.25 Å². The summed E-state index contributed by atoms with van der Waals surface area (Å²) in [6, 6.07) is 0. The van der Waals surface area contributed by atoms with E-state index in [2.05, 4.69) is 0 Å². The second-order valence-electron chi connectivity index (χ2n) is 0.224. The fourth-order valence-electron chi connectivity index (χ4n) is 0. The van der Waals surface area contributed by atoms with Gasteiger partial charge in [0.15, 0.2) is 0 Å². The van der Waals surface area contributed by atoms with Crippen LogP contribution in [0.1, 0.15) is 0 Å². The Bertz CT molecular complexity index is 37.0. The average molecular weight is 164 g/mol. The molecule has 38 valence electrons. The molecule has 0 aliphatic heterocycles. The average Bonchev–Trinajstić information content (AvgIpc) is 1.41. The zero-order valence-corrected chi connectivity index (χ0v) is 7.44. The fourth-order valence-corrected chi connectivity index (χ4v) is 0. The van der Waals surface area contributed by atoms with Gasteiger partial charge in [0, 0.05) is 0 Å². The minimum Gasteiger partial charge on any atom is -0.857 e. The first-order valence-corrected chi connectivity index (χ1v) is 2.05. The Balaban J connectivity index is -0.0000000183. The van der Waals surface area contributed by atoms with Gasteiger partial charge in [-0.2, -0.15) is 7.11 Å². The number of hydrogen-bond acceptors (Lipinski definition) is 4. The van der Waals surface area contributed by atoms with E-state index in [0.29, 0.717) is 0 Å². The molecule has 0 aromatic rings. The van der Waals surface area contributed by atoms with Crippen LogP contribution in [0.15, 0.2) is 0 Å². The first-order chi connectivity index (χ1) is 2.73. The van der Waals surface area contributed by atoms with E-state index in [-0.39, 0.29) is 34.7 Å². The van der Waals surface area contributed by atoms with Crippen molar-refractivity contribution >= 4 is 43.0 Å². The molecule has 0 spiro atoms. The Kier molecular flexibility index (Phi) is 70.2. The van der Waals surface area contributed by atoms with Crippen molar-refractivity contribution < 1.29 is 19.5 Å². The summed E-state index contributed by atoms with van der Waals surface area (Å²) in [5, 5.41) is 8.25. The van der Waals surface area contributed by atoms with Gasteiger partial charge in [0.2, 0.25) is 0 Å². The molecule has 0 unspecified atom stereocenters. The topological polar surface area (TPSA) is 86.2 Å². The Morgan fingerprint density at radius 1 is 1.12 bits per heavy atom. The fraction of sp³-hybridized carbons (Fsp3) is 1.00. The molecule has 7 heteroatoms. The van der Waals surface area contributed by atoms with E-state index in [4.69, 9.17) is 19.5 Å². The first-order valence-electron chi connectivity index (χ1n) is 0.956. The van der Waals surface area contributed by atoms with Crippen molar-refractivity contribution in [1.29, 1.82) is 0 Å². The number of rotatable bonds is 0. The monoisotopic (exact) mass is 164 g/mol. The van der Waals surface area contributed by atoms with Gasteiger partial charge in [0.1, 0.15) is 0 Å². The second kappa shape index (κ2) is 24.4. The molecule has 8 heavy (non-hydrogen) atoms. The van der Waals surface area contributed by atoms with Crippen molar-refractivity contribution in [2.24, 2.45) is 0 Å². The van der Waals surface area contributed by atoms with Crippen molar-refractivity contribution in [3.05, 3.63) is 0 Å². The summed E-state index contributed by atoms with van der Waals surface area (Å²) >= 11 is 0. The normalized spacial score (nSPS) is 4.00. The van der Waals surface area contributed by atoms with Gasteiger partial charge in [-0.05, 0) is 0 Å². The SMILES string of the molecule is C[O-].O=[P+]([O-])[O-].[Al+3].[Al+3]. The molecular weight excluding hydrogens is 161 g/mol. The van der Waals surface area contributed by atoms with E-state index in [9.17, 15) is 0 Å². The van der Waals surface area contributed by atoms with Gasteiger partial charge < -0.3 is 14.9 Å². The molecule has 0 rings (SSSR count). The first kappa shape index (κ1) is 23.0. The molecule has 0 saturated carbocycles. The Labute approximate surface area is 69.8 Å². The van der Waals surface area contributed by atoms with Crippen LogP contribution in [-0.2, 0) is 4.57 Å². The van der Waals surface area contributed by atoms with E-state index in [0.717, 1.165) is 7.11 Å². The van der Waals surface area contributed by atoms with Gasteiger partial charge in [-0.1, -0.05) is 4.57 Å². The molecule has 0 atom stereocenters. The third-order valence-electron chi connectivity index (χ3n) is 0. The largest absolute Gasteiger partial charge is 3.00 e. The van der Waals surface area contributed by atoms with Gasteiger partial charge in [-0.25, -0.2) is 0 Å². The van der Waals surface area contributed by atoms with E-state index >= 15 is 0 Å².